The minimum atomic E-state index is -0.781. The van der Waals surface area contributed by atoms with E-state index in [1.807, 2.05) is 6.92 Å². The van der Waals surface area contributed by atoms with Crippen molar-refractivity contribution in [3.63, 3.8) is 0 Å². The van der Waals surface area contributed by atoms with E-state index in [2.05, 4.69) is 4.90 Å². The van der Waals surface area contributed by atoms with Crippen LogP contribution >= 0.6 is 0 Å². The second-order valence-corrected chi connectivity index (χ2v) is 6.22. The van der Waals surface area contributed by atoms with Crippen LogP contribution in [0.5, 0.6) is 0 Å². The van der Waals surface area contributed by atoms with Gasteiger partial charge in [-0.15, -0.1) is 0 Å². The van der Waals surface area contributed by atoms with Crippen LogP contribution in [-0.2, 0) is 9.59 Å². The molecule has 2 atom stereocenters. The van der Waals surface area contributed by atoms with Crippen LogP contribution in [-0.4, -0.2) is 40.4 Å². The first-order chi connectivity index (χ1) is 9.43. The molecule has 1 aliphatic carbocycles. The average molecular weight is 283 g/mol. The van der Waals surface area contributed by atoms with Crippen molar-refractivity contribution in [2.75, 3.05) is 6.54 Å². The summed E-state index contributed by atoms with van der Waals surface area (Å²) in [5.74, 6) is -1.08. The lowest BCUT2D eigenvalue weighted by atomic mass is 9.93. The Labute approximate surface area is 122 Å². The first-order valence-electron chi connectivity index (χ1n) is 7.92. The summed E-state index contributed by atoms with van der Waals surface area (Å²) < 4.78 is 0. The predicted octanol–water partition coefficient (Wildman–Crippen LogP) is 3.10. The molecule has 0 radical (unpaired) electrons. The molecule has 0 aromatic heterocycles. The summed E-state index contributed by atoms with van der Waals surface area (Å²) in [6, 6.07) is 0.178. The molecule has 0 spiro atoms. The first kappa shape index (κ1) is 17.2. The van der Waals surface area contributed by atoms with Gasteiger partial charge in [0.15, 0.2) is 0 Å². The van der Waals surface area contributed by atoms with Gasteiger partial charge in [0.2, 0.25) is 0 Å². The van der Waals surface area contributed by atoms with E-state index >= 15 is 0 Å². The van der Waals surface area contributed by atoms with Gasteiger partial charge in [0.1, 0.15) is 5.78 Å². The second kappa shape index (κ2) is 8.40. The highest BCUT2D eigenvalue weighted by molar-refractivity contribution is 5.81. The molecule has 1 fully saturated rings. The fourth-order valence-corrected chi connectivity index (χ4v) is 3.02. The monoisotopic (exact) mass is 283 g/mol. The highest BCUT2D eigenvalue weighted by Gasteiger charge is 2.29. The molecule has 0 saturated heterocycles. The van der Waals surface area contributed by atoms with Gasteiger partial charge in [-0.1, -0.05) is 39.0 Å². The van der Waals surface area contributed by atoms with Crippen LogP contribution in [0.15, 0.2) is 0 Å². The van der Waals surface area contributed by atoms with Gasteiger partial charge in [0.25, 0.3) is 0 Å². The van der Waals surface area contributed by atoms with Crippen molar-refractivity contribution in [1.82, 2.24) is 4.90 Å². The molecule has 20 heavy (non-hydrogen) atoms. The van der Waals surface area contributed by atoms with E-state index in [1.165, 1.54) is 32.1 Å². The largest absolute Gasteiger partial charge is 0.481 e. The third-order valence-electron chi connectivity index (χ3n) is 4.54. The van der Waals surface area contributed by atoms with Gasteiger partial charge in [-0.2, -0.15) is 0 Å². The smallest absolute Gasteiger partial charge is 0.307 e. The van der Waals surface area contributed by atoms with Crippen LogP contribution in [0.2, 0.25) is 0 Å². The minimum Gasteiger partial charge on any atom is -0.481 e. The fourth-order valence-electron chi connectivity index (χ4n) is 3.02. The number of hydrogen-bond acceptors (Lipinski definition) is 3. The highest BCUT2D eigenvalue weighted by atomic mass is 16.4. The molecule has 0 heterocycles. The minimum absolute atomic E-state index is 0.129. The van der Waals surface area contributed by atoms with Gasteiger partial charge in [-0.3, -0.25) is 14.5 Å². The van der Waals surface area contributed by atoms with Crippen molar-refractivity contribution in [3.8, 4) is 0 Å². The fraction of sp³-hybridized carbons (Fsp3) is 0.875. The molecule has 1 aliphatic rings. The number of carbonyl (C=O) groups excluding carboxylic acids is 1. The number of carboxylic acid groups (broad SMARTS) is 1. The average Bonchev–Trinajstić information content (AvgIpc) is 2.35. The maximum atomic E-state index is 11.7. The molecule has 0 aromatic rings. The zero-order valence-corrected chi connectivity index (χ0v) is 13.1. The van der Waals surface area contributed by atoms with Gasteiger partial charge in [0, 0.05) is 12.6 Å². The number of carboxylic acids is 1. The molecule has 1 N–H and O–H groups in total. The van der Waals surface area contributed by atoms with Crippen molar-refractivity contribution in [3.05, 3.63) is 0 Å². The molecule has 4 heteroatoms. The molecule has 0 bridgehead atoms. The molecule has 0 aromatic carbocycles. The molecule has 116 valence electrons. The van der Waals surface area contributed by atoms with E-state index < -0.39 is 11.9 Å². The molecule has 0 amide bonds. The van der Waals surface area contributed by atoms with Gasteiger partial charge >= 0.3 is 5.97 Å². The van der Waals surface area contributed by atoms with E-state index in [4.69, 9.17) is 5.11 Å². The van der Waals surface area contributed by atoms with Crippen molar-refractivity contribution < 1.29 is 14.7 Å². The number of rotatable bonds is 6. The Balaban J connectivity index is 2.78. The Morgan fingerprint density at radius 2 is 1.60 bits per heavy atom. The van der Waals surface area contributed by atoms with Gasteiger partial charge < -0.3 is 5.11 Å². The summed E-state index contributed by atoms with van der Waals surface area (Å²) in [4.78, 5) is 25.0. The first-order valence-corrected chi connectivity index (χ1v) is 7.92. The number of hydrogen-bond donors (Lipinski definition) is 1. The normalized spacial score (nSPS) is 21.0. The highest BCUT2D eigenvalue weighted by Crippen LogP contribution is 2.24. The number of carbonyl (C=O) groups is 2. The Morgan fingerprint density at radius 3 is 2.05 bits per heavy atom. The SMILES string of the molecule is CC(=O)C(C)N(CC(C)C(=O)O)C1CCCCCCC1. The summed E-state index contributed by atoms with van der Waals surface area (Å²) in [6.07, 6.45) is 8.37. The van der Waals surface area contributed by atoms with E-state index in [-0.39, 0.29) is 11.8 Å². The van der Waals surface area contributed by atoms with Crippen LogP contribution in [0.25, 0.3) is 0 Å². The van der Waals surface area contributed by atoms with Crippen LogP contribution < -0.4 is 0 Å². The molecule has 1 rings (SSSR count). The zero-order chi connectivity index (χ0) is 15.1. The molecule has 1 saturated carbocycles. The van der Waals surface area contributed by atoms with Gasteiger partial charge in [0.05, 0.1) is 12.0 Å². The number of aliphatic carboxylic acids is 1. The lowest BCUT2D eigenvalue weighted by Gasteiger charge is -2.37. The summed E-state index contributed by atoms with van der Waals surface area (Å²) >= 11 is 0. The third kappa shape index (κ3) is 5.23. The Hall–Kier alpha value is -0.900. The molecular weight excluding hydrogens is 254 g/mol. The van der Waals surface area contributed by atoms with Crippen molar-refractivity contribution >= 4 is 11.8 Å². The van der Waals surface area contributed by atoms with E-state index in [0.29, 0.717) is 12.6 Å². The molecular formula is C16H29NO3. The molecule has 4 nitrogen and oxygen atoms in total. The van der Waals surface area contributed by atoms with Crippen molar-refractivity contribution in [1.29, 1.82) is 0 Å². The number of Topliss-reactive ketones (excluding diaryl/α,β-unsaturated/α-hetero) is 1. The maximum absolute atomic E-state index is 11.7. The Kier molecular flexibility index (Phi) is 7.20. The quantitative estimate of drug-likeness (QED) is 0.813. The molecule has 2 unspecified atom stereocenters. The third-order valence-corrected chi connectivity index (χ3v) is 4.54. The van der Waals surface area contributed by atoms with E-state index in [1.54, 1.807) is 13.8 Å². The Bertz CT molecular complexity index is 322. The Morgan fingerprint density at radius 1 is 1.10 bits per heavy atom. The standard InChI is InChI=1S/C16H29NO3/c1-12(16(19)20)11-17(13(2)14(3)18)15-9-7-5-4-6-8-10-15/h12-13,15H,4-11H2,1-3H3,(H,19,20). The van der Waals surface area contributed by atoms with Gasteiger partial charge in [-0.25, -0.2) is 0 Å². The summed E-state index contributed by atoms with van der Waals surface area (Å²) in [5, 5.41) is 9.14. The van der Waals surface area contributed by atoms with Gasteiger partial charge in [-0.05, 0) is 26.7 Å². The molecule has 0 aliphatic heterocycles. The number of ketones is 1. The van der Waals surface area contributed by atoms with Crippen molar-refractivity contribution in [2.24, 2.45) is 5.92 Å². The van der Waals surface area contributed by atoms with E-state index in [9.17, 15) is 9.59 Å². The van der Waals surface area contributed by atoms with Crippen LogP contribution in [0.3, 0.4) is 0 Å². The summed E-state index contributed by atoms with van der Waals surface area (Å²) in [5.41, 5.74) is 0. The summed E-state index contributed by atoms with van der Waals surface area (Å²) in [7, 11) is 0. The lowest BCUT2D eigenvalue weighted by Crippen LogP contribution is -2.48. The maximum Gasteiger partial charge on any atom is 0.307 e. The number of nitrogens with zero attached hydrogens (tertiary/aromatic N) is 1. The lowest BCUT2D eigenvalue weighted by molar-refractivity contribution is -0.143. The van der Waals surface area contributed by atoms with Crippen molar-refractivity contribution in [2.45, 2.75) is 77.8 Å². The van der Waals surface area contributed by atoms with Crippen LogP contribution in [0, 0.1) is 5.92 Å². The van der Waals surface area contributed by atoms with Crippen LogP contribution in [0.1, 0.15) is 65.7 Å². The topological polar surface area (TPSA) is 57.6 Å². The van der Waals surface area contributed by atoms with E-state index in [0.717, 1.165) is 12.8 Å². The summed E-state index contributed by atoms with van der Waals surface area (Å²) in [6.45, 7) is 5.72. The second-order valence-electron chi connectivity index (χ2n) is 6.22. The predicted molar refractivity (Wildman–Crippen MR) is 79.8 cm³/mol. The van der Waals surface area contributed by atoms with Crippen LogP contribution in [0.4, 0.5) is 0 Å². The zero-order valence-electron chi connectivity index (χ0n) is 13.1.